The predicted molar refractivity (Wildman–Crippen MR) is 93.3 cm³/mol. The van der Waals surface area contributed by atoms with Crippen LogP contribution in [0.4, 0.5) is 0 Å². The van der Waals surface area contributed by atoms with Crippen molar-refractivity contribution < 1.29 is 9.59 Å². The summed E-state index contributed by atoms with van der Waals surface area (Å²) < 4.78 is 0. The van der Waals surface area contributed by atoms with E-state index in [1.54, 1.807) is 0 Å². The number of hydrogen-bond acceptors (Lipinski definition) is 2. The van der Waals surface area contributed by atoms with Gasteiger partial charge in [-0.25, -0.2) is 0 Å². The van der Waals surface area contributed by atoms with Crippen molar-refractivity contribution >= 4 is 11.6 Å². The van der Waals surface area contributed by atoms with E-state index >= 15 is 0 Å². The molecule has 0 aromatic rings. The molecule has 5 aliphatic carbocycles. The van der Waals surface area contributed by atoms with Crippen LogP contribution in [0.2, 0.25) is 0 Å². The normalized spacial score (nSPS) is 43.1. The third kappa shape index (κ3) is 1.45. The van der Waals surface area contributed by atoms with E-state index in [0.29, 0.717) is 12.2 Å². The highest BCUT2D eigenvalue weighted by atomic mass is 16.1. The van der Waals surface area contributed by atoms with E-state index in [-0.39, 0.29) is 22.0 Å². The monoisotopic (exact) mass is 320 g/mol. The second-order valence-corrected chi connectivity index (χ2v) is 8.83. The van der Waals surface area contributed by atoms with Gasteiger partial charge in [0, 0.05) is 18.3 Å². The molecule has 2 heteroatoms. The summed E-state index contributed by atoms with van der Waals surface area (Å²) >= 11 is 0. The minimum atomic E-state index is -0.224. The predicted octanol–water partition coefficient (Wildman–Crippen LogP) is 4.63. The Morgan fingerprint density at radius 2 is 1.79 bits per heavy atom. The summed E-state index contributed by atoms with van der Waals surface area (Å²) in [5, 5.41) is 0. The maximum Gasteiger partial charge on any atom is 0.156 e. The average molecular weight is 320 g/mol. The second-order valence-electron chi connectivity index (χ2n) is 8.83. The first kappa shape index (κ1) is 14.6. The Balaban J connectivity index is 1.69. The fraction of sp³-hybridized carbons (Fsp3) is 0.545. The molecular weight excluding hydrogens is 296 g/mol. The third-order valence-corrected chi connectivity index (χ3v) is 7.91. The summed E-state index contributed by atoms with van der Waals surface area (Å²) in [6, 6.07) is 0. The van der Waals surface area contributed by atoms with Gasteiger partial charge >= 0.3 is 0 Å². The molecule has 0 aromatic heterocycles. The highest BCUT2D eigenvalue weighted by Gasteiger charge is 2.63. The molecule has 1 saturated carbocycles. The van der Waals surface area contributed by atoms with Gasteiger partial charge in [-0.2, -0.15) is 0 Å². The number of fused-ring (bicyclic) bond motifs is 3. The van der Waals surface area contributed by atoms with Crippen LogP contribution < -0.4 is 0 Å². The van der Waals surface area contributed by atoms with Gasteiger partial charge in [0.25, 0.3) is 0 Å². The zero-order chi connectivity index (χ0) is 16.7. The van der Waals surface area contributed by atoms with E-state index in [2.05, 4.69) is 32.1 Å². The van der Waals surface area contributed by atoms with E-state index in [9.17, 15) is 9.59 Å². The van der Waals surface area contributed by atoms with Gasteiger partial charge in [-0.3, -0.25) is 9.59 Å². The van der Waals surface area contributed by atoms with E-state index < -0.39 is 0 Å². The number of allylic oxidation sites excluding steroid dienone is 8. The van der Waals surface area contributed by atoms with Gasteiger partial charge < -0.3 is 0 Å². The molecule has 1 spiro atoms. The van der Waals surface area contributed by atoms with Crippen molar-refractivity contribution in [2.75, 3.05) is 0 Å². The van der Waals surface area contributed by atoms with Crippen molar-refractivity contribution in [1.29, 1.82) is 0 Å². The first-order valence-corrected chi connectivity index (χ1v) is 9.32. The molecular formula is C22H24O2. The summed E-state index contributed by atoms with van der Waals surface area (Å²) in [5.74, 6) is 0.723. The van der Waals surface area contributed by atoms with E-state index in [1.165, 1.54) is 22.3 Å². The van der Waals surface area contributed by atoms with E-state index in [0.717, 1.165) is 38.5 Å². The maximum atomic E-state index is 13.0. The minimum absolute atomic E-state index is 0.0128. The van der Waals surface area contributed by atoms with Crippen molar-refractivity contribution in [2.24, 2.45) is 16.2 Å². The molecule has 2 unspecified atom stereocenters. The van der Waals surface area contributed by atoms with E-state index in [1.807, 2.05) is 6.08 Å². The van der Waals surface area contributed by atoms with Gasteiger partial charge in [-0.1, -0.05) is 37.6 Å². The Morgan fingerprint density at radius 3 is 2.62 bits per heavy atom. The molecule has 2 nitrogen and oxygen atoms in total. The number of Topliss-reactive ketones (excluding diaryl/α,β-unsaturated/α-hetero) is 1. The van der Waals surface area contributed by atoms with Crippen LogP contribution in [-0.2, 0) is 9.59 Å². The highest BCUT2D eigenvalue weighted by molar-refractivity contribution is 5.95. The lowest BCUT2D eigenvalue weighted by Gasteiger charge is -2.48. The molecule has 124 valence electrons. The lowest BCUT2D eigenvalue weighted by molar-refractivity contribution is -0.127. The quantitative estimate of drug-likeness (QED) is 0.652. The Labute approximate surface area is 143 Å². The fourth-order valence-electron chi connectivity index (χ4n) is 6.35. The molecule has 0 saturated heterocycles. The number of hydrogen-bond donors (Lipinski definition) is 0. The number of carbonyl (C=O) groups excluding carboxylic acids is 2. The lowest BCUT2D eigenvalue weighted by Crippen LogP contribution is -2.43. The molecule has 24 heavy (non-hydrogen) atoms. The first-order valence-electron chi connectivity index (χ1n) is 9.32. The van der Waals surface area contributed by atoms with Crippen LogP contribution in [0, 0.1) is 16.2 Å². The van der Waals surface area contributed by atoms with Crippen LogP contribution in [0.25, 0.3) is 0 Å². The number of rotatable bonds is 0. The smallest absolute Gasteiger partial charge is 0.156 e. The van der Waals surface area contributed by atoms with Gasteiger partial charge in [-0.05, 0) is 60.3 Å². The van der Waals surface area contributed by atoms with Gasteiger partial charge in [0.1, 0.15) is 5.78 Å². The Morgan fingerprint density at radius 1 is 0.958 bits per heavy atom. The largest absolute Gasteiger partial charge is 0.299 e. The number of ketones is 2. The molecule has 5 rings (SSSR count). The standard InChI is InChI=1S/C22H24O2/c1-20-9-6-18-16-4-3-14-13-15(23)5-11-21(14,2)17(16)7-12-22(18,20)19(24)8-10-20/h3-4,6,13H,5,7-12H2,1-2H3/t20-,21?,22?/m0/s1. The molecule has 5 aliphatic rings. The van der Waals surface area contributed by atoms with Crippen LogP contribution in [0.15, 0.2) is 46.6 Å². The SMILES string of the molecule is CC12CCC(=O)C=C1C=CC1=C2CCC23C(=O)CC[C@]2(C)CC=C13. The van der Waals surface area contributed by atoms with Crippen molar-refractivity contribution in [2.45, 2.75) is 58.8 Å². The van der Waals surface area contributed by atoms with Crippen molar-refractivity contribution in [3.05, 3.63) is 46.6 Å². The fourth-order valence-corrected chi connectivity index (χ4v) is 6.35. The average Bonchev–Trinajstić information content (AvgIpc) is 2.99. The van der Waals surface area contributed by atoms with Gasteiger partial charge in [-0.15, -0.1) is 0 Å². The van der Waals surface area contributed by atoms with Crippen molar-refractivity contribution in [3.63, 3.8) is 0 Å². The van der Waals surface area contributed by atoms with Crippen LogP contribution in [-0.4, -0.2) is 11.6 Å². The second kappa shape index (κ2) is 4.28. The molecule has 3 atom stereocenters. The molecule has 0 N–H and O–H groups in total. The van der Waals surface area contributed by atoms with Gasteiger partial charge in [0.15, 0.2) is 5.78 Å². The molecule has 0 radical (unpaired) electrons. The van der Waals surface area contributed by atoms with Gasteiger partial charge in [0.05, 0.1) is 5.41 Å². The topological polar surface area (TPSA) is 34.1 Å². The Kier molecular flexibility index (Phi) is 2.61. The van der Waals surface area contributed by atoms with Crippen LogP contribution in [0.5, 0.6) is 0 Å². The Hall–Kier alpha value is -1.70. The highest BCUT2D eigenvalue weighted by Crippen LogP contribution is 2.68. The summed E-state index contributed by atoms with van der Waals surface area (Å²) in [6.45, 7) is 4.62. The summed E-state index contributed by atoms with van der Waals surface area (Å²) in [7, 11) is 0. The molecule has 0 amide bonds. The van der Waals surface area contributed by atoms with Crippen molar-refractivity contribution in [3.8, 4) is 0 Å². The lowest BCUT2D eigenvalue weighted by atomic mass is 9.54. The Bertz CT molecular complexity index is 821. The third-order valence-electron chi connectivity index (χ3n) is 7.91. The van der Waals surface area contributed by atoms with Gasteiger partial charge in [0.2, 0.25) is 0 Å². The molecule has 0 heterocycles. The number of carbonyl (C=O) groups is 2. The zero-order valence-corrected chi connectivity index (χ0v) is 14.6. The summed E-state index contributed by atoms with van der Waals surface area (Å²) in [5.41, 5.74) is 5.19. The minimum Gasteiger partial charge on any atom is -0.299 e. The van der Waals surface area contributed by atoms with E-state index in [4.69, 9.17) is 0 Å². The van der Waals surface area contributed by atoms with Crippen LogP contribution >= 0.6 is 0 Å². The molecule has 0 bridgehead atoms. The maximum absolute atomic E-state index is 13.0. The first-order chi connectivity index (χ1) is 11.4. The van der Waals surface area contributed by atoms with Crippen LogP contribution in [0.3, 0.4) is 0 Å². The van der Waals surface area contributed by atoms with Crippen molar-refractivity contribution in [1.82, 2.24) is 0 Å². The summed E-state index contributed by atoms with van der Waals surface area (Å²) in [6.07, 6.45) is 14.9. The molecule has 1 fully saturated rings. The molecule has 0 aromatic carbocycles. The zero-order valence-electron chi connectivity index (χ0n) is 14.6. The molecule has 0 aliphatic heterocycles. The van der Waals surface area contributed by atoms with Crippen LogP contribution in [0.1, 0.15) is 58.8 Å². The summed E-state index contributed by atoms with van der Waals surface area (Å²) in [4.78, 5) is 24.8.